The number of rotatable bonds is 3. The van der Waals surface area contributed by atoms with E-state index in [9.17, 15) is 4.79 Å². The molecule has 1 fully saturated rings. The van der Waals surface area contributed by atoms with Gasteiger partial charge < -0.3 is 4.90 Å². The third kappa shape index (κ3) is 3.93. The Kier molecular flexibility index (Phi) is 5.42. The Morgan fingerprint density at radius 1 is 0.967 bits per heavy atom. The number of carbonyl (C=O) groups is 1. The molecule has 4 nitrogen and oxygen atoms in total. The molecule has 152 valence electrons. The van der Waals surface area contributed by atoms with Gasteiger partial charge in [-0.1, -0.05) is 41.9 Å². The normalized spacial score (nSPS) is 15.6. The first kappa shape index (κ1) is 19.5. The van der Waals surface area contributed by atoms with Gasteiger partial charge in [0.25, 0.3) is 5.91 Å². The number of thiophene rings is 1. The third-order valence-corrected chi connectivity index (χ3v) is 7.05. The summed E-state index contributed by atoms with van der Waals surface area (Å²) < 4.78 is 2.35. The lowest BCUT2D eigenvalue weighted by atomic mass is 10.1. The number of carbonyl (C=O) groups excluding carboxylic acids is 1. The molecule has 0 spiro atoms. The predicted octanol–water partition coefficient (Wildman–Crippen LogP) is 5.45. The van der Waals surface area contributed by atoms with E-state index in [-0.39, 0.29) is 5.91 Å². The Hall–Kier alpha value is -2.47. The van der Waals surface area contributed by atoms with Gasteiger partial charge in [-0.3, -0.25) is 9.69 Å². The first-order valence-electron chi connectivity index (χ1n) is 10.2. The molecule has 0 aliphatic carbocycles. The second-order valence-corrected chi connectivity index (χ2v) is 9.23. The molecule has 0 radical (unpaired) electrons. The topological polar surface area (TPSA) is 36.4 Å². The number of aromatic nitrogens is 1. The van der Waals surface area contributed by atoms with Crippen LogP contribution in [-0.4, -0.2) is 46.9 Å². The van der Waals surface area contributed by atoms with Gasteiger partial charge in [-0.05, 0) is 36.2 Å². The highest BCUT2D eigenvalue weighted by molar-refractivity contribution is 7.25. The molecule has 1 aliphatic rings. The Labute approximate surface area is 184 Å². The second-order valence-electron chi connectivity index (χ2n) is 7.71. The van der Waals surface area contributed by atoms with Crippen molar-refractivity contribution in [1.29, 1.82) is 0 Å². The van der Waals surface area contributed by atoms with Crippen molar-refractivity contribution < 1.29 is 4.79 Å². The van der Waals surface area contributed by atoms with E-state index in [1.54, 1.807) is 11.3 Å². The number of pyridine rings is 1. The van der Waals surface area contributed by atoms with Crippen LogP contribution in [0.15, 0.2) is 60.8 Å². The molecule has 2 aromatic carbocycles. The first-order valence-corrected chi connectivity index (χ1v) is 11.4. The maximum Gasteiger partial charge on any atom is 0.272 e. The fourth-order valence-corrected chi connectivity index (χ4v) is 5.27. The van der Waals surface area contributed by atoms with Crippen LogP contribution in [0.25, 0.3) is 20.2 Å². The van der Waals surface area contributed by atoms with Crippen molar-refractivity contribution in [2.45, 2.75) is 13.0 Å². The SMILES string of the molecule is O=C(c1cc2c(cn1)sc1ccccc12)N1CCCN(Cc2ccc(Cl)cc2)CC1. The summed E-state index contributed by atoms with van der Waals surface area (Å²) in [4.78, 5) is 22.0. The summed E-state index contributed by atoms with van der Waals surface area (Å²) in [6.45, 7) is 4.20. The van der Waals surface area contributed by atoms with Gasteiger partial charge in [0.05, 0.1) is 4.70 Å². The molecule has 2 aromatic heterocycles. The van der Waals surface area contributed by atoms with Crippen LogP contribution in [0.4, 0.5) is 0 Å². The Bertz CT molecular complexity index is 1200. The predicted molar refractivity (Wildman–Crippen MR) is 124 cm³/mol. The molecule has 0 saturated carbocycles. The smallest absolute Gasteiger partial charge is 0.272 e. The van der Waals surface area contributed by atoms with Crippen LogP contribution in [0.1, 0.15) is 22.5 Å². The Morgan fingerprint density at radius 2 is 1.80 bits per heavy atom. The molecule has 3 heterocycles. The molecule has 1 amide bonds. The van der Waals surface area contributed by atoms with E-state index in [0.717, 1.165) is 54.3 Å². The van der Waals surface area contributed by atoms with Crippen molar-refractivity contribution in [3.05, 3.63) is 77.1 Å². The lowest BCUT2D eigenvalue weighted by Gasteiger charge is -2.22. The van der Waals surface area contributed by atoms with Crippen molar-refractivity contribution in [3.8, 4) is 0 Å². The Balaban J connectivity index is 1.31. The summed E-state index contributed by atoms with van der Waals surface area (Å²) in [5.74, 6) is 0.0283. The zero-order chi connectivity index (χ0) is 20.5. The molecule has 0 unspecified atom stereocenters. The molecule has 5 rings (SSSR count). The molecule has 1 saturated heterocycles. The van der Waals surface area contributed by atoms with Crippen LogP contribution in [0.2, 0.25) is 5.02 Å². The van der Waals surface area contributed by atoms with Gasteiger partial charge in [0.1, 0.15) is 5.69 Å². The van der Waals surface area contributed by atoms with Gasteiger partial charge >= 0.3 is 0 Å². The van der Waals surface area contributed by atoms with Crippen molar-refractivity contribution in [1.82, 2.24) is 14.8 Å². The van der Waals surface area contributed by atoms with Crippen LogP contribution in [-0.2, 0) is 6.54 Å². The van der Waals surface area contributed by atoms with Crippen molar-refractivity contribution in [2.24, 2.45) is 0 Å². The largest absolute Gasteiger partial charge is 0.336 e. The first-order chi connectivity index (χ1) is 14.7. The van der Waals surface area contributed by atoms with Gasteiger partial charge in [-0.2, -0.15) is 0 Å². The van der Waals surface area contributed by atoms with Crippen molar-refractivity contribution in [2.75, 3.05) is 26.2 Å². The summed E-state index contributed by atoms with van der Waals surface area (Å²) in [6, 6.07) is 18.3. The summed E-state index contributed by atoms with van der Waals surface area (Å²) in [7, 11) is 0. The monoisotopic (exact) mass is 435 g/mol. The number of nitrogens with zero attached hydrogens (tertiary/aromatic N) is 3. The number of fused-ring (bicyclic) bond motifs is 3. The fourth-order valence-electron chi connectivity index (χ4n) is 4.09. The number of halogens is 1. The van der Waals surface area contributed by atoms with E-state index >= 15 is 0 Å². The molecule has 1 aliphatic heterocycles. The van der Waals surface area contributed by atoms with Crippen molar-refractivity contribution in [3.63, 3.8) is 0 Å². The average Bonchev–Trinajstić information content (AvgIpc) is 2.98. The second kappa shape index (κ2) is 8.34. The molecule has 0 atom stereocenters. The number of hydrogen-bond acceptors (Lipinski definition) is 4. The van der Waals surface area contributed by atoms with E-state index in [1.165, 1.54) is 15.6 Å². The minimum absolute atomic E-state index is 0.0283. The van der Waals surface area contributed by atoms with Gasteiger partial charge in [0, 0.05) is 59.4 Å². The van der Waals surface area contributed by atoms with E-state index in [4.69, 9.17) is 11.6 Å². The zero-order valence-electron chi connectivity index (χ0n) is 16.6. The standard InChI is InChI=1S/C24H22ClN3OS/c25-18-8-6-17(7-9-18)16-27-10-3-11-28(13-12-27)24(29)21-14-20-19-4-1-2-5-22(19)30-23(20)15-26-21/h1-2,4-9,14-15H,3,10-13,16H2. The minimum atomic E-state index is 0.0283. The molecular formula is C24H22ClN3OS. The quantitative estimate of drug-likeness (QED) is 0.429. The summed E-state index contributed by atoms with van der Waals surface area (Å²) in [6.07, 6.45) is 2.81. The highest BCUT2D eigenvalue weighted by Gasteiger charge is 2.22. The molecule has 6 heteroatoms. The number of amides is 1. The summed E-state index contributed by atoms with van der Waals surface area (Å²) >= 11 is 7.71. The highest BCUT2D eigenvalue weighted by Crippen LogP contribution is 2.33. The molecular weight excluding hydrogens is 414 g/mol. The highest BCUT2D eigenvalue weighted by atomic mass is 35.5. The lowest BCUT2D eigenvalue weighted by molar-refractivity contribution is 0.0755. The van der Waals surface area contributed by atoms with E-state index in [2.05, 4.69) is 34.1 Å². The third-order valence-electron chi connectivity index (χ3n) is 5.68. The van der Waals surface area contributed by atoms with Crippen LogP contribution in [0.3, 0.4) is 0 Å². The summed E-state index contributed by atoms with van der Waals surface area (Å²) in [5.41, 5.74) is 1.79. The van der Waals surface area contributed by atoms with Crippen LogP contribution >= 0.6 is 22.9 Å². The molecule has 0 bridgehead atoms. The van der Waals surface area contributed by atoms with Gasteiger partial charge in [0.15, 0.2) is 0 Å². The van der Waals surface area contributed by atoms with E-state index in [0.29, 0.717) is 5.69 Å². The van der Waals surface area contributed by atoms with Gasteiger partial charge in [-0.15, -0.1) is 11.3 Å². The molecule has 4 aromatic rings. The number of hydrogen-bond donors (Lipinski definition) is 0. The molecule has 30 heavy (non-hydrogen) atoms. The van der Waals surface area contributed by atoms with Crippen molar-refractivity contribution >= 4 is 49.0 Å². The number of benzene rings is 2. The van der Waals surface area contributed by atoms with Gasteiger partial charge in [0.2, 0.25) is 0 Å². The fraction of sp³-hybridized carbons (Fsp3) is 0.250. The zero-order valence-corrected chi connectivity index (χ0v) is 18.1. The minimum Gasteiger partial charge on any atom is -0.336 e. The maximum atomic E-state index is 13.2. The van der Waals surface area contributed by atoms with E-state index < -0.39 is 0 Å². The van der Waals surface area contributed by atoms with Gasteiger partial charge in [-0.25, -0.2) is 4.98 Å². The van der Waals surface area contributed by atoms with Crippen LogP contribution in [0.5, 0.6) is 0 Å². The average molecular weight is 436 g/mol. The van der Waals surface area contributed by atoms with Crippen LogP contribution in [0, 0.1) is 0 Å². The molecule has 0 N–H and O–H groups in total. The van der Waals surface area contributed by atoms with E-state index in [1.807, 2.05) is 41.4 Å². The maximum absolute atomic E-state index is 13.2. The lowest BCUT2D eigenvalue weighted by Crippen LogP contribution is -2.35. The van der Waals surface area contributed by atoms with Crippen LogP contribution < -0.4 is 0 Å². The summed E-state index contributed by atoms with van der Waals surface area (Å²) in [5, 5.41) is 3.07. The Morgan fingerprint density at radius 3 is 2.67 bits per heavy atom.